The molecule has 140 valence electrons. The van der Waals surface area contributed by atoms with Crippen molar-refractivity contribution in [2.24, 2.45) is 0 Å². The van der Waals surface area contributed by atoms with Gasteiger partial charge < -0.3 is 19.5 Å². The molecule has 7 heteroatoms. The molecule has 0 spiro atoms. The van der Waals surface area contributed by atoms with Crippen molar-refractivity contribution in [1.82, 2.24) is 14.9 Å². The zero-order chi connectivity index (χ0) is 18.8. The van der Waals surface area contributed by atoms with Gasteiger partial charge in [0.2, 0.25) is 5.65 Å². The van der Waals surface area contributed by atoms with E-state index in [9.17, 15) is 4.79 Å². The van der Waals surface area contributed by atoms with Crippen LogP contribution in [0.5, 0.6) is 0 Å². The average molecular weight is 365 g/mol. The number of rotatable bonds is 3. The van der Waals surface area contributed by atoms with Crippen LogP contribution in [0.4, 0.5) is 16.5 Å². The highest BCUT2D eigenvalue weighted by Gasteiger charge is 2.24. The van der Waals surface area contributed by atoms with Crippen LogP contribution >= 0.6 is 0 Å². The van der Waals surface area contributed by atoms with Crippen molar-refractivity contribution in [2.45, 2.75) is 20.3 Å². The summed E-state index contributed by atoms with van der Waals surface area (Å²) in [6.07, 6.45) is 0.987. The number of piperazine rings is 1. The van der Waals surface area contributed by atoms with E-state index < -0.39 is 0 Å². The first-order chi connectivity index (χ1) is 13.1. The molecule has 7 nitrogen and oxygen atoms in total. The number of carbonyl (C=O) groups is 1. The zero-order valence-corrected chi connectivity index (χ0v) is 15.6. The van der Waals surface area contributed by atoms with E-state index in [1.165, 1.54) is 5.56 Å². The van der Waals surface area contributed by atoms with E-state index in [2.05, 4.69) is 27.1 Å². The summed E-state index contributed by atoms with van der Waals surface area (Å²) in [5.41, 5.74) is 4.30. The van der Waals surface area contributed by atoms with Gasteiger partial charge in [0.1, 0.15) is 0 Å². The fourth-order valence-corrected chi connectivity index (χ4v) is 3.16. The molecular weight excluding hydrogens is 342 g/mol. The number of oxazole rings is 1. The number of hydrogen-bond acceptors (Lipinski definition) is 5. The molecule has 3 heterocycles. The summed E-state index contributed by atoms with van der Waals surface area (Å²) in [6.45, 7) is 6.62. The number of aryl methyl sites for hydroxylation is 2. The molecule has 0 bridgehead atoms. The molecule has 2 amide bonds. The van der Waals surface area contributed by atoms with Crippen LogP contribution in [0, 0.1) is 6.92 Å². The Hall–Kier alpha value is -3.09. The molecule has 0 atom stereocenters. The number of amides is 2. The maximum Gasteiger partial charge on any atom is 0.321 e. The van der Waals surface area contributed by atoms with Crippen molar-refractivity contribution in [2.75, 3.05) is 36.4 Å². The van der Waals surface area contributed by atoms with Gasteiger partial charge in [0.05, 0.1) is 0 Å². The van der Waals surface area contributed by atoms with Gasteiger partial charge in [0.15, 0.2) is 5.58 Å². The van der Waals surface area contributed by atoms with Crippen LogP contribution in [0.3, 0.4) is 0 Å². The fraction of sp³-hybridized carbons (Fsp3) is 0.350. The summed E-state index contributed by atoms with van der Waals surface area (Å²) in [4.78, 5) is 25.2. The molecule has 1 aliphatic rings. The van der Waals surface area contributed by atoms with Gasteiger partial charge in [-0.1, -0.05) is 19.1 Å². The normalized spacial score (nSPS) is 14.6. The van der Waals surface area contributed by atoms with Crippen LogP contribution in [0.15, 0.2) is 40.8 Å². The number of nitrogens with zero attached hydrogens (tertiary/aromatic N) is 4. The Morgan fingerprint density at radius 2 is 1.81 bits per heavy atom. The number of aromatic nitrogens is 2. The lowest BCUT2D eigenvalue weighted by Gasteiger charge is -2.33. The second-order valence-corrected chi connectivity index (χ2v) is 6.73. The smallest absolute Gasteiger partial charge is 0.321 e. The summed E-state index contributed by atoms with van der Waals surface area (Å²) in [7, 11) is 0. The minimum atomic E-state index is -0.0752. The maximum absolute atomic E-state index is 12.5. The number of anilines is 2. The lowest BCUT2D eigenvalue weighted by Crippen LogP contribution is -2.50. The van der Waals surface area contributed by atoms with Crippen LogP contribution in [0.2, 0.25) is 0 Å². The van der Waals surface area contributed by atoms with E-state index in [1.54, 1.807) is 0 Å². The predicted octanol–water partition coefficient (Wildman–Crippen LogP) is 3.45. The molecule has 1 aliphatic heterocycles. The molecule has 2 aromatic heterocycles. The van der Waals surface area contributed by atoms with Crippen molar-refractivity contribution in [3.05, 3.63) is 47.7 Å². The maximum atomic E-state index is 12.5. The number of hydrogen-bond donors (Lipinski definition) is 1. The van der Waals surface area contributed by atoms with Crippen LogP contribution in [0.1, 0.15) is 18.2 Å². The molecule has 4 rings (SSSR count). The molecule has 0 aliphatic carbocycles. The van der Waals surface area contributed by atoms with Crippen molar-refractivity contribution in [3.63, 3.8) is 0 Å². The molecular formula is C20H23N5O2. The number of pyridine rings is 1. The Morgan fingerprint density at radius 3 is 2.52 bits per heavy atom. The van der Waals surface area contributed by atoms with Gasteiger partial charge in [-0.2, -0.15) is 4.98 Å². The number of fused-ring (bicyclic) bond motifs is 1. The van der Waals surface area contributed by atoms with Crippen LogP contribution < -0.4 is 10.2 Å². The lowest BCUT2D eigenvalue weighted by atomic mass is 10.1. The van der Waals surface area contributed by atoms with Gasteiger partial charge in [-0.25, -0.2) is 9.78 Å². The average Bonchev–Trinajstić information content (AvgIpc) is 3.12. The summed E-state index contributed by atoms with van der Waals surface area (Å²) in [5.74, 6) is 0. The highest BCUT2D eigenvalue weighted by molar-refractivity contribution is 5.89. The number of benzene rings is 1. The van der Waals surface area contributed by atoms with Gasteiger partial charge >= 0.3 is 6.03 Å². The summed E-state index contributed by atoms with van der Waals surface area (Å²) >= 11 is 0. The summed E-state index contributed by atoms with van der Waals surface area (Å²) < 4.78 is 5.81. The molecule has 1 saturated heterocycles. The monoisotopic (exact) mass is 365 g/mol. The van der Waals surface area contributed by atoms with E-state index in [-0.39, 0.29) is 6.03 Å². The van der Waals surface area contributed by atoms with E-state index in [0.717, 1.165) is 17.8 Å². The Kier molecular flexibility index (Phi) is 4.66. The first-order valence-electron chi connectivity index (χ1n) is 9.26. The van der Waals surface area contributed by atoms with Crippen LogP contribution in [-0.2, 0) is 6.42 Å². The molecule has 27 heavy (non-hydrogen) atoms. The van der Waals surface area contributed by atoms with Crippen LogP contribution in [0.25, 0.3) is 11.2 Å². The third-order valence-electron chi connectivity index (χ3n) is 4.83. The largest absolute Gasteiger partial charge is 0.422 e. The highest BCUT2D eigenvalue weighted by atomic mass is 16.4. The van der Waals surface area contributed by atoms with Gasteiger partial charge in [-0.05, 0) is 43.2 Å². The molecule has 1 N–H and O–H groups in total. The van der Waals surface area contributed by atoms with Gasteiger partial charge in [0, 0.05) is 37.6 Å². The number of urea groups is 1. The Morgan fingerprint density at radius 1 is 1.07 bits per heavy atom. The Bertz CT molecular complexity index is 943. The molecule has 1 fully saturated rings. The predicted molar refractivity (Wildman–Crippen MR) is 105 cm³/mol. The van der Waals surface area contributed by atoms with Gasteiger partial charge in [-0.3, -0.25) is 0 Å². The molecule has 1 aromatic carbocycles. The molecule has 0 saturated carbocycles. The van der Waals surface area contributed by atoms with Crippen LogP contribution in [-0.4, -0.2) is 47.1 Å². The number of nitrogens with one attached hydrogen (secondary N) is 1. The van der Waals surface area contributed by atoms with E-state index >= 15 is 0 Å². The first-order valence-corrected chi connectivity index (χ1v) is 9.26. The molecule has 0 radical (unpaired) electrons. The minimum Gasteiger partial charge on any atom is -0.422 e. The van der Waals surface area contributed by atoms with Crippen molar-refractivity contribution in [1.29, 1.82) is 0 Å². The second kappa shape index (κ2) is 7.26. The lowest BCUT2D eigenvalue weighted by molar-refractivity contribution is 0.207. The third-order valence-corrected chi connectivity index (χ3v) is 4.83. The Balaban J connectivity index is 1.36. The zero-order valence-electron chi connectivity index (χ0n) is 15.6. The standard InChI is InChI=1S/C20H23N5O2/c1-3-15-5-7-16(8-6-15)22-19(26)24-10-12-25(13-11-24)20-23-18-17(27-20)9-4-14(2)21-18/h4-9H,3,10-13H2,1-2H3,(H,22,26). The number of carbonyl (C=O) groups excluding carboxylic acids is 1. The highest BCUT2D eigenvalue weighted by Crippen LogP contribution is 2.22. The summed E-state index contributed by atoms with van der Waals surface area (Å²) in [6, 6.07) is 12.3. The topological polar surface area (TPSA) is 74.5 Å². The molecule has 3 aromatic rings. The SMILES string of the molecule is CCc1ccc(NC(=O)N2CCN(c3nc4nc(C)ccc4o3)CC2)cc1. The Labute approximate surface area is 158 Å². The van der Waals surface area contributed by atoms with Crippen molar-refractivity contribution < 1.29 is 9.21 Å². The van der Waals surface area contributed by atoms with E-state index in [4.69, 9.17) is 4.42 Å². The minimum absolute atomic E-state index is 0.0752. The second-order valence-electron chi connectivity index (χ2n) is 6.73. The van der Waals surface area contributed by atoms with Crippen molar-refractivity contribution >= 4 is 29.0 Å². The first kappa shape index (κ1) is 17.3. The van der Waals surface area contributed by atoms with Crippen molar-refractivity contribution in [3.8, 4) is 0 Å². The quantitative estimate of drug-likeness (QED) is 0.769. The van der Waals surface area contributed by atoms with E-state index in [0.29, 0.717) is 43.4 Å². The summed E-state index contributed by atoms with van der Waals surface area (Å²) in [5, 5.41) is 2.96. The fourth-order valence-electron chi connectivity index (χ4n) is 3.16. The van der Waals surface area contributed by atoms with Gasteiger partial charge in [-0.15, -0.1) is 0 Å². The molecule has 0 unspecified atom stereocenters. The third kappa shape index (κ3) is 3.72. The van der Waals surface area contributed by atoms with Gasteiger partial charge in [0.25, 0.3) is 6.01 Å². The van der Waals surface area contributed by atoms with E-state index in [1.807, 2.05) is 48.2 Å².